The number of benzene rings is 1. The minimum atomic E-state index is -0.230. The van der Waals surface area contributed by atoms with Gasteiger partial charge < -0.3 is 5.32 Å². The van der Waals surface area contributed by atoms with Crippen LogP contribution >= 0.6 is 11.3 Å². The summed E-state index contributed by atoms with van der Waals surface area (Å²) in [5.41, 5.74) is 1.60. The predicted molar refractivity (Wildman–Crippen MR) is 92.2 cm³/mol. The number of nitrogens with one attached hydrogen (secondary N) is 1. The van der Waals surface area contributed by atoms with E-state index in [0.29, 0.717) is 23.5 Å². The van der Waals surface area contributed by atoms with E-state index in [4.69, 9.17) is 5.26 Å². The lowest BCUT2D eigenvalue weighted by atomic mass is 10.0. The molecule has 0 spiro atoms. The largest absolute Gasteiger partial charge is 0.317 e. The smallest absolute Gasteiger partial charge is 0.226 e. The fourth-order valence-corrected chi connectivity index (χ4v) is 3.84. The van der Waals surface area contributed by atoms with Crippen molar-refractivity contribution in [3.05, 3.63) is 52.7 Å². The van der Waals surface area contributed by atoms with Gasteiger partial charge in [-0.2, -0.15) is 5.26 Å². The molecule has 24 heavy (non-hydrogen) atoms. The lowest BCUT2D eigenvalue weighted by Gasteiger charge is -2.24. The first-order valence-corrected chi connectivity index (χ1v) is 8.82. The fourth-order valence-electron chi connectivity index (χ4n) is 3.08. The maximum atomic E-state index is 13.1. The van der Waals surface area contributed by atoms with E-state index in [-0.39, 0.29) is 17.8 Å². The molecule has 6 heteroatoms. The van der Waals surface area contributed by atoms with Crippen molar-refractivity contribution in [2.75, 3.05) is 18.4 Å². The Morgan fingerprint density at radius 3 is 2.92 bits per heavy atom. The van der Waals surface area contributed by atoms with Crippen molar-refractivity contribution in [3.63, 3.8) is 0 Å². The summed E-state index contributed by atoms with van der Waals surface area (Å²) >= 11 is 1.36. The molecule has 1 aromatic carbocycles. The van der Waals surface area contributed by atoms with Crippen LogP contribution in [0.25, 0.3) is 0 Å². The molecule has 1 amide bonds. The van der Waals surface area contributed by atoms with Crippen molar-refractivity contribution in [2.24, 2.45) is 0 Å². The standard InChI is InChI=1S/C18H18FN3OS/c19-15-5-3-13(4-6-15)16-2-1-9-22(16)10-7-17(23)21-18-14(12-20)8-11-24-18/h3-6,8,11,16H,1-2,7,9-10H2,(H,21,23)/t16-/m0/s1. The van der Waals surface area contributed by atoms with E-state index in [1.54, 1.807) is 11.4 Å². The lowest BCUT2D eigenvalue weighted by Crippen LogP contribution is -2.27. The molecule has 1 aliphatic rings. The monoisotopic (exact) mass is 343 g/mol. The third-order valence-corrected chi connectivity index (χ3v) is 5.11. The number of nitriles is 1. The molecular weight excluding hydrogens is 325 g/mol. The fraction of sp³-hybridized carbons (Fsp3) is 0.333. The molecule has 3 rings (SSSR count). The molecule has 2 aromatic rings. The third kappa shape index (κ3) is 3.81. The first-order chi connectivity index (χ1) is 11.7. The molecule has 4 nitrogen and oxygen atoms in total. The minimum absolute atomic E-state index is 0.0845. The minimum Gasteiger partial charge on any atom is -0.317 e. The molecule has 0 saturated carbocycles. The molecule has 124 valence electrons. The zero-order chi connectivity index (χ0) is 16.9. The molecule has 1 atom stereocenters. The Hall–Kier alpha value is -2.23. The predicted octanol–water partition coefficient (Wildman–Crippen LogP) is 3.92. The number of rotatable bonds is 5. The van der Waals surface area contributed by atoms with E-state index in [1.807, 2.05) is 12.1 Å². The van der Waals surface area contributed by atoms with E-state index < -0.39 is 0 Å². The van der Waals surface area contributed by atoms with Gasteiger partial charge in [0.05, 0.1) is 5.56 Å². The van der Waals surface area contributed by atoms with Crippen LogP contribution in [0.5, 0.6) is 0 Å². The van der Waals surface area contributed by atoms with E-state index >= 15 is 0 Å². The van der Waals surface area contributed by atoms with Gasteiger partial charge in [0.1, 0.15) is 16.9 Å². The van der Waals surface area contributed by atoms with Crippen LogP contribution in [0.1, 0.15) is 36.4 Å². The van der Waals surface area contributed by atoms with Gasteiger partial charge in [0.25, 0.3) is 0 Å². The molecular formula is C18H18FN3OS. The van der Waals surface area contributed by atoms with Crippen molar-refractivity contribution in [2.45, 2.75) is 25.3 Å². The van der Waals surface area contributed by atoms with Crippen LogP contribution in [-0.4, -0.2) is 23.9 Å². The number of likely N-dealkylation sites (tertiary alicyclic amines) is 1. The van der Waals surface area contributed by atoms with Gasteiger partial charge in [0, 0.05) is 19.0 Å². The zero-order valence-electron chi connectivity index (χ0n) is 13.2. The van der Waals surface area contributed by atoms with Crippen LogP contribution in [0, 0.1) is 17.1 Å². The highest BCUT2D eigenvalue weighted by Gasteiger charge is 2.26. The van der Waals surface area contributed by atoms with Gasteiger partial charge in [-0.15, -0.1) is 11.3 Å². The lowest BCUT2D eigenvalue weighted by molar-refractivity contribution is -0.116. The summed E-state index contributed by atoms with van der Waals surface area (Å²) in [6.45, 7) is 1.60. The SMILES string of the molecule is N#Cc1ccsc1NC(=O)CCN1CCC[C@H]1c1ccc(F)cc1. The van der Waals surface area contributed by atoms with Crippen LogP contribution in [0.2, 0.25) is 0 Å². The number of halogens is 1. The molecule has 0 unspecified atom stereocenters. The first-order valence-electron chi connectivity index (χ1n) is 7.94. The number of anilines is 1. The first kappa shape index (κ1) is 16.6. The summed E-state index contributed by atoms with van der Waals surface area (Å²) in [6, 6.07) is 10.6. The van der Waals surface area contributed by atoms with Gasteiger partial charge in [-0.05, 0) is 48.5 Å². The molecule has 1 aromatic heterocycles. The van der Waals surface area contributed by atoms with Gasteiger partial charge in [0.2, 0.25) is 5.91 Å². The molecule has 2 heterocycles. The van der Waals surface area contributed by atoms with Crippen LogP contribution in [0.15, 0.2) is 35.7 Å². The van der Waals surface area contributed by atoms with Crippen molar-refractivity contribution in [3.8, 4) is 6.07 Å². The van der Waals surface area contributed by atoms with Crippen molar-refractivity contribution in [1.82, 2.24) is 4.90 Å². The summed E-state index contributed by atoms with van der Waals surface area (Å²) in [5, 5.41) is 14.2. The second kappa shape index (κ2) is 7.56. The molecule has 1 fully saturated rings. The Labute approximate surface area is 144 Å². The number of amides is 1. The van der Waals surface area contributed by atoms with E-state index in [1.165, 1.54) is 23.5 Å². The maximum absolute atomic E-state index is 13.1. The topological polar surface area (TPSA) is 56.1 Å². The van der Waals surface area contributed by atoms with Crippen LogP contribution in [0.4, 0.5) is 9.39 Å². The third-order valence-electron chi connectivity index (χ3n) is 4.28. The highest BCUT2D eigenvalue weighted by molar-refractivity contribution is 7.14. The zero-order valence-corrected chi connectivity index (χ0v) is 14.0. The maximum Gasteiger partial charge on any atom is 0.226 e. The van der Waals surface area contributed by atoms with Gasteiger partial charge in [-0.25, -0.2) is 4.39 Å². The number of hydrogen-bond donors (Lipinski definition) is 1. The van der Waals surface area contributed by atoms with Crippen molar-refractivity contribution >= 4 is 22.2 Å². The van der Waals surface area contributed by atoms with Crippen LogP contribution < -0.4 is 5.32 Å². The molecule has 1 saturated heterocycles. The van der Waals surface area contributed by atoms with E-state index in [2.05, 4.69) is 16.3 Å². The van der Waals surface area contributed by atoms with Crippen LogP contribution in [0.3, 0.4) is 0 Å². The summed E-state index contributed by atoms with van der Waals surface area (Å²) < 4.78 is 13.1. The Kier molecular flexibility index (Phi) is 5.24. The Bertz CT molecular complexity index is 750. The molecule has 1 aliphatic heterocycles. The average Bonchev–Trinajstić information content (AvgIpc) is 3.22. The number of nitrogens with zero attached hydrogens (tertiary/aromatic N) is 2. The Balaban J connectivity index is 1.56. The molecule has 0 bridgehead atoms. The number of thiophene rings is 1. The summed E-state index contributed by atoms with van der Waals surface area (Å²) in [5.74, 6) is -0.314. The van der Waals surface area contributed by atoms with Gasteiger partial charge in [0.15, 0.2) is 0 Å². The summed E-state index contributed by atoms with van der Waals surface area (Å²) in [4.78, 5) is 14.4. The van der Waals surface area contributed by atoms with Gasteiger partial charge >= 0.3 is 0 Å². The second-order valence-electron chi connectivity index (χ2n) is 5.82. The number of carbonyl (C=O) groups is 1. The van der Waals surface area contributed by atoms with Crippen molar-refractivity contribution < 1.29 is 9.18 Å². The Morgan fingerprint density at radius 1 is 1.38 bits per heavy atom. The van der Waals surface area contributed by atoms with Gasteiger partial charge in [-0.3, -0.25) is 9.69 Å². The summed E-state index contributed by atoms with van der Waals surface area (Å²) in [6.07, 6.45) is 2.48. The molecule has 0 aliphatic carbocycles. The number of carbonyl (C=O) groups excluding carboxylic acids is 1. The van der Waals surface area contributed by atoms with E-state index in [0.717, 1.165) is 24.9 Å². The molecule has 1 N–H and O–H groups in total. The van der Waals surface area contributed by atoms with E-state index in [9.17, 15) is 9.18 Å². The number of hydrogen-bond acceptors (Lipinski definition) is 4. The highest BCUT2D eigenvalue weighted by Crippen LogP contribution is 2.32. The van der Waals surface area contributed by atoms with Crippen molar-refractivity contribution in [1.29, 1.82) is 5.26 Å². The summed E-state index contributed by atoms with van der Waals surface area (Å²) in [7, 11) is 0. The van der Waals surface area contributed by atoms with Crippen LogP contribution in [-0.2, 0) is 4.79 Å². The Morgan fingerprint density at radius 2 is 2.17 bits per heavy atom. The molecule has 0 radical (unpaired) electrons. The quantitative estimate of drug-likeness (QED) is 0.895. The highest BCUT2D eigenvalue weighted by atomic mass is 32.1. The average molecular weight is 343 g/mol. The normalized spacial score (nSPS) is 17.6. The van der Waals surface area contributed by atoms with Gasteiger partial charge in [-0.1, -0.05) is 12.1 Å². The second-order valence-corrected chi connectivity index (χ2v) is 6.74.